The molecule has 1 atom stereocenters. The van der Waals surface area contributed by atoms with Crippen molar-refractivity contribution in [2.24, 2.45) is 0 Å². The van der Waals surface area contributed by atoms with Crippen LogP contribution < -0.4 is 0 Å². The smallest absolute Gasteiger partial charge is 0.275 e. The third kappa shape index (κ3) is 0.726. The molecule has 0 saturated carbocycles. The van der Waals surface area contributed by atoms with E-state index in [1.54, 1.807) is 18.3 Å². The number of hydrogen-bond donors (Lipinski definition) is 1. The van der Waals surface area contributed by atoms with Crippen LogP contribution in [-0.2, 0) is 5.72 Å². The van der Waals surface area contributed by atoms with E-state index in [4.69, 9.17) is 0 Å². The van der Waals surface area contributed by atoms with E-state index in [0.29, 0.717) is 24.2 Å². The highest BCUT2D eigenvalue weighted by Gasteiger charge is 2.51. The van der Waals surface area contributed by atoms with Crippen molar-refractivity contribution in [3.05, 3.63) is 29.6 Å². The number of nitrogens with zero attached hydrogens (tertiary/aromatic N) is 2. The van der Waals surface area contributed by atoms with Crippen molar-refractivity contribution in [1.82, 2.24) is 9.88 Å². The molecular formula is C10H10N2O2. The topological polar surface area (TPSA) is 53.4 Å². The fraction of sp³-hybridized carbons (Fsp3) is 0.400. The quantitative estimate of drug-likeness (QED) is 0.647. The van der Waals surface area contributed by atoms with Crippen LogP contribution in [-0.4, -0.2) is 27.4 Å². The average Bonchev–Trinajstić information content (AvgIpc) is 2.67. The zero-order chi connectivity index (χ0) is 9.76. The van der Waals surface area contributed by atoms with Gasteiger partial charge in [0.1, 0.15) is 5.69 Å². The Kier molecular flexibility index (Phi) is 1.32. The number of carbonyl (C=O) groups is 1. The van der Waals surface area contributed by atoms with Crippen molar-refractivity contribution < 1.29 is 9.90 Å². The molecule has 3 rings (SSSR count). The van der Waals surface area contributed by atoms with Crippen LogP contribution >= 0.6 is 0 Å². The summed E-state index contributed by atoms with van der Waals surface area (Å²) in [6.07, 6.45) is 3.07. The molecular weight excluding hydrogens is 180 g/mol. The first-order valence-corrected chi connectivity index (χ1v) is 4.73. The number of aromatic nitrogens is 1. The van der Waals surface area contributed by atoms with Crippen LogP contribution in [0.4, 0.5) is 0 Å². The van der Waals surface area contributed by atoms with E-state index in [2.05, 4.69) is 4.98 Å². The minimum absolute atomic E-state index is 0.138. The molecule has 2 aliphatic rings. The largest absolute Gasteiger partial charge is 0.367 e. The molecule has 0 bridgehead atoms. The molecule has 1 unspecified atom stereocenters. The standard InChI is InChI=1S/C10H10N2O2/c13-9-8-7(3-1-5-11-8)10(14)4-2-6-12(9)10/h1,3,5,14H,2,4,6H2. The second kappa shape index (κ2) is 2.33. The van der Waals surface area contributed by atoms with Crippen molar-refractivity contribution >= 4 is 5.91 Å². The molecule has 0 radical (unpaired) electrons. The van der Waals surface area contributed by atoms with Crippen LogP contribution in [0.5, 0.6) is 0 Å². The van der Waals surface area contributed by atoms with E-state index in [9.17, 15) is 9.90 Å². The number of pyridine rings is 1. The van der Waals surface area contributed by atoms with Crippen LogP contribution in [0.25, 0.3) is 0 Å². The summed E-state index contributed by atoms with van der Waals surface area (Å²) in [5, 5.41) is 10.3. The Bertz CT molecular complexity index is 418. The monoisotopic (exact) mass is 190 g/mol. The molecule has 0 aromatic carbocycles. The normalized spacial score (nSPS) is 29.2. The van der Waals surface area contributed by atoms with Crippen molar-refractivity contribution in [2.75, 3.05) is 6.54 Å². The molecule has 1 aromatic rings. The maximum atomic E-state index is 11.8. The minimum atomic E-state index is -1.07. The summed E-state index contributed by atoms with van der Waals surface area (Å²) in [7, 11) is 0. The van der Waals surface area contributed by atoms with Gasteiger partial charge in [0.25, 0.3) is 5.91 Å². The van der Waals surface area contributed by atoms with E-state index in [0.717, 1.165) is 6.42 Å². The van der Waals surface area contributed by atoms with E-state index >= 15 is 0 Å². The van der Waals surface area contributed by atoms with E-state index < -0.39 is 5.72 Å². The maximum absolute atomic E-state index is 11.8. The molecule has 3 heterocycles. The molecule has 2 aliphatic heterocycles. The van der Waals surface area contributed by atoms with Gasteiger partial charge in [-0.05, 0) is 12.5 Å². The van der Waals surface area contributed by atoms with Crippen molar-refractivity contribution in [3.8, 4) is 0 Å². The Labute approximate surface area is 81.2 Å². The van der Waals surface area contributed by atoms with Gasteiger partial charge < -0.3 is 10.0 Å². The zero-order valence-electron chi connectivity index (χ0n) is 7.60. The zero-order valence-corrected chi connectivity index (χ0v) is 7.60. The van der Waals surface area contributed by atoms with Gasteiger partial charge >= 0.3 is 0 Å². The van der Waals surface area contributed by atoms with Crippen LogP contribution in [0.3, 0.4) is 0 Å². The number of aliphatic hydroxyl groups is 1. The van der Waals surface area contributed by atoms with Crippen molar-refractivity contribution in [3.63, 3.8) is 0 Å². The van der Waals surface area contributed by atoms with Crippen LogP contribution in [0, 0.1) is 0 Å². The highest BCUT2D eigenvalue weighted by molar-refractivity contribution is 5.98. The Morgan fingerprint density at radius 1 is 1.57 bits per heavy atom. The Balaban J connectivity index is 2.26. The van der Waals surface area contributed by atoms with Gasteiger partial charge in [0.05, 0.1) is 0 Å². The molecule has 0 aliphatic carbocycles. The third-order valence-electron chi connectivity index (χ3n) is 3.04. The first-order valence-electron chi connectivity index (χ1n) is 4.73. The third-order valence-corrected chi connectivity index (χ3v) is 3.04. The van der Waals surface area contributed by atoms with Crippen LogP contribution in [0.15, 0.2) is 18.3 Å². The summed E-state index contributed by atoms with van der Waals surface area (Å²) < 4.78 is 0. The Hall–Kier alpha value is -1.42. The lowest BCUT2D eigenvalue weighted by atomic mass is 10.0. The number of fused-ring (bicyclic) bond motifs is 3. The van der Waals surface area contributed by atoms with Gasteiger partial charge in [0.2, 0.25) is 0 Å². The minimum Gasteiger partial charge on any atom is -0.367 e. The Morgan fingerprint density at radius 3 is 3.29 bits per heavy atom. The highest BCUT2D eigenvalue weighted by Crippen LogP contribution is 2.43. The fourth-order valence-corrected chi connectivity index (χ4v) is 2.38. The average molecular weight is 190 g/mol. The summed E-state index contributed by atoms with van der Waals surface area (Å²) >= 11 is 0. The molecule has 4 nitrogen and oxygen atoms in total. The van der Waals surface area contributed by atoms with Gasteiger partial charge in [-0.15, -0.1) is 0 Å². The van der Waals surface area contributed by atoms with E-state index in [1.165, 1.54) is 4.90 Å². The highest BCUT2D eigenvalue weighted by atomic mass is 16.3. The van der Waals surface area contributed by atoms with Gasteiger partial charge in [-0.25, -0.2) is 0 Å². The predicted molar refractivity (Wildman–Crippen MR) is 48.4 cm³/mol. The molecule has 1 fully saturated rings. The van der Waals surface area contributed by atoms with E-state index in [1.807, 2.05) is 0 Å². The lowest BCUT2D eigenvalue weighted by Crippen LogP contribution is -2.37. The molecule has 72 valence electrons. The molecule has 1 amide bonds. The number of amides is 1. The fourth-order valence-electron chi connectivity index (χ4n) is 2.38. The van der Waals surface area contributed by atoms with Crippen molar-refractivity contribution in [1.29, 1.82) is 0 Å². The van der Waals surface area contributed by atoms with Gasteiger partial charge in [-0.3, -0.25) is 9.78 Å². The first kappa shape index (κ1) is 7.94. The second-order valence-electron chi connectivity index (χ2n) is 3.78. The van der Waals surface area contributed by atoms with Gasteiger partial charge in [-0.1, -0.05) is 6.07 Å². The first-order chi connectivity index (χ1) is 6.73. The summed E-state index contributed by atoms with van der Waals surface area (Å²) in [5.41, 5.74) is 0.0120. The summed E-state index contributed by atoms with van der Waals surface area (Å²) in [6, 6.07) is 3.54. The molecule has 4 heteroatoms. The SMILES string of the molecule is O=C1c2ncccc2C2(O)CCCN12. The molecule has 1 saturated heterocycles. The van der Waals surface area contributed by atoms with Crippen molar-refractivity contribution in [2.45, 2.75) is 18.6 Å². The predicted octanol–water partition coefficient (Wildman–Crippen LogP) is 0.476. The summed E-state index contributed by atoms with van der Waals surface area (Å²) in [5.74, 6) is -0.138. The summed E-state index contributed by atoms with van der Waals surface area (Å²) in [6.45, 7) is 0.631. The molecule has 14 heavy (non-hydrogen) atoms. The lowest BCUT2D eigenvalue weighted by Gasteiger charge is -2.25. The number of carbonyl (C=O) groups excluding carboxylic acids is 1. The molecule has 1 N–H and O–H groups in total. The van der Waals surface area contributed by atoms with Crippen LogP contribution in [0.2, 0.25) is 0 Å². The van der Waals surface area contributed by atoms with Gasteiger partial charge in [-0.2, -0.15) is 0 Å². The number of hydrogen-bond acceptors (Lipinski definition) is 3. The van der Waals surface area contributed by atoms with Gasteiger partial charge in [0, 0.05) is 24.7 Å². The molecule has 0 spiro atoms. The summed E-state index contributed by atoms with van der Waals surface area (Å²) in [4.78, 5) is 17.3. The van der Waals surface area contributed by atoms with Crippen LogP contribution in [0.1, 0.15) is 28.9 Å². The Morgan fingerprint density at radius 2 is 2.43 bits per heavy atom. The van der Waals surface area contributed by atoms with E-state index in [-0.39, 0.29) is 5.91 Å². The second-order valence-corrected chi connectivity index (χ2v) is 3.78. The van der Waals surface area contributed by atoms with Gasteiger partial charge in [0.15, 0.2) is 5.72 Å². The maximum Gasteiger partial charge on any atom is 0.275 e. The number of rotatable bonds is 0. The molecule has 1 aromatic heterocycles. The lowest BCUT2D eigenvalue weighted by molar-refractivity contribution is -0.0575.